The van der Waals surface area contributed by atoms with Crippen LogP contribution in [0.3, 0.4) is 0 Å². The summed E-state index contributed by atoms with van der Waals surface area (Å²) < 4.78 is 8.31. The minimum Gasteiger partial charge on any atom is -0.375 e. The Morgan fingerprint density at radius 1 is 1.16 bits per heavy atom. The number of benzene rings is 2. The second-order valence-corrected chi connectivity index (χ2v) is 6.05. The van der Waals surface area contributed by atoms with Gasteiger partial charge in [-0.1, -0.05) is 17.7 Å². The monoisotopic (exact) mass is 375 g/mol. The zero-order valence-electron chi connectivity index (χ0n) is 13.2. The van der Waals surface area contributed by atoms with E-state index in [1.807, 2.05) is 6.07 Å². The molecule has 0 atom stereocenters. The molecule has 0 bridgehead atoms. The maximum absolute atomic E-state index is 12.2. The predicted octanol–water partition coefficient (Wildman–Crippen LogP) is 2.75. The summed E-state index contributed by atoms with van der Waals surface area (Å²) in [6.07, 6.45) is 0. The van der Waals surface area contributed by atoms with Gasteiger partial charge in [-0.25, -0.2) is 0 Å². The number of amides is 2. The van der Waals surface area contributed by atoms with E-state index in [1.165, 1.54) is 0 Å². The van der Waals surface area contributed by atoms with E-state index in [9.17, 15) is 9.59 Å². The zero-order chi connectivity index (χ0) is 17.8. The number of fused-ring (bicyclic) bond motifs is 1. The Hall–Kier alpha value is -2.71. The van der Waals surface area contributed by atoms with Crippen LogP contribution in [0.15, 0.2) is 36.4 Å². The maximum Gasteiger partial charge on any atom is 0.251 e. The molecule has 0 unspecified atom stereocenters. The number of aromatic nitrogens is 2. The highest BCUT2D eigenvalue weighted by atomic mass is 35.5. The molecule has 0 aliphatic rings. The maximum atomic E-state index is 12.2. The van der Waals surface area contributed by atoms with Gasteiger partial charge in [0.25, 0.3) is 5.91 Å². The molecule has 2 amide bonds. The molecule has 0 saturated carbocycles. The van der Waals surface area contributed by atoms with Crippen LogP contribution in [0.25, 0.3) is 11.0 Å². The molecular formula is C16H14ClN5O2S. The minimum absolute atomic E-state index is 0.00906. The van der Waals surface area contributed by atoms with Gasteiger partial charge in [0.15, 0.2) is 0 Å². The third-order valence-corrected chi connectivity index (χ3v) is 4.33. The molecule has 7 nitrogen and oxygen atoms in total. The van der Waals surface area contributed by atoms with E-state index in [4.69, 9.17) is 11.6 Å². The summed E-state index contributed by atoms with van der Waals surface area (Å²) in [5.41, 5.74) is 2.94. The molecule has 3 aromatic rings. The van der Waals surface area contributed by atoms with Crippen LogP contribution in [0, 0.1) is 0 Å². The highest BCUT2D eigenvalue weighted by Crippen LogP contribution is 2.23. The average Bonchev–Trinajstić information content (AvgIpc) is 3.10. The summed E-state index contributed by atoms with van der Waals surface area (Å²) in [4.78, 5) is 23.9. The van der Waals surface area contributed by atoms with E-state index in [1.54, 1.807) is 37.4 Å². The molecule has 0 aliphatic carbocycles. The van der Waals surface area contributed by atoms with Crippen LogP contribution in [-0.4, -0.2) is 34.2 Å². The van der Waals surface area contributed by atoms with Gasteiger partial charge in [-0.05, 0) is 30.3 Å². The molecule has 0 aliphatic heterocycles. The average molecular weight is 376 g/mol. The lowest BCUT2D eigenvalue weighted by atomic mass is 10.2. The molecule has 3 rings (SSSR count). The Morgan fingerprint density at radius 2 is 2.00 bits per heavy atom. The molecule has 9 heteroatoms. The van der Waals surface area contributed by atoms with Crippen molar-refractivity contribution in [2.45, 2.75) is 0 Å². The lowest BCUT2D eigenvalue weighted by Gasteiger charge is -2.11. The predicted molar refractivity (Wildman–Crippen MR) is 99.4 cm³/mol. The summed E-state index contributed by atoms with van der Waals surface area (Å²) in [6.45, 7) is -0.00906. The Morgan fingerprint density at radius 3 is 2.80 bits per heavy atom. The molecule has 0 saturated heterocycles. The summed E-state index contributed by atoms with van der Waals surface area (Å²) in [7, 11) is 1.55. The molecule has 128 valence electrons. The van der Waals surface area contributed by atoms with Crippen molar-refractivity contribution in [3.8, 4) is 0 Å². The third-order valence-electron chi connectivity index (χ3n) is 3.46. The largest absolute Gasteiger partial charge is 0.375 e. The first-order chi connectivity index (χ1) is 12.1. The van der Waals surface area contributed by atoms with Crippen molar-refractivity contribution < 1.29 is 9.59 Å². The lowest BCUT2D eigenvalue weighted by Crippen LogP contribution is -2.22. The number of rotatable bonds is 5. The molecule has 0 spiro atoms. The molecule has 0 fully saturated rings. The third kappa shape index (κ3) is 3.86. The van der Waals surface area contributed by atoms with Crippen molar-refractivity contribution >= 4 is 57.6 Å². The highest BCUT2D eigenvalue weighted by molar-refractivity contribution is 7.00. The van der Waals surface area contributed by atoms with Crippen LogP contribution in [-0.2, 0) is 4.79 Å². The summed E-state index contributed by atoms with van der Waals surface area (Å²) in [5.74, 6) is -0.492. The standard InChI is InChI=1S/C16H14ClN5O2S/c1-18-16(24)9-5-6-10(17)13(7-9)19-8-14(23)20-11-3-2-4-12-15(11)22-25-21-12/h2-7,19H,8H2,1H3,(H,18,24)(H,20,23). The quantitative estimate of drug-likeness (QED) is 0.637. The van der Waals surface area contributed by atoms with Crippen molar-refractivity contribution in [3.05, 3.63) is 47.0 Å². The van der Waals surface area contributed by atoms with Gasteiger partial charge >= 0.3 is 0 Å². The second kappa shape index (κ2) is 7.45. The molecule has 1 heterocycles. The SMILES string of the molecule is CNC(=O)c1ccc(Cl)c(NCC(=O)Nc2cccc3nsnc23)c1. The molecule has 0 radical (unpaired) electrons. The number of halogens is 1. The Balaban J connectivity index is 1.68. The van der Waals surface area contributed by atoms with Gasteiger partial charge in [-0.2, -0.15) is 8.75 Å². The van der Waals surface area contributed by atoms with E-state index in [0.29, 0.717) is 27.5 Å². The summed E-state index contributed by atoms with van der Waals surface area (Å²) in [5, 5.41) is 8.69. The van der Waals surface area contributed by atoms with Crippen LogP contribution in [0.1, 0.15) is 10.4 Å². The number of hydrogen-bond donors (Lipinski definition) is 3. The summed E-state index contributed by atoms with van der Waals surface area (Å²) in [6, 6.07) is 10.2. The molecule has 2 aromatic carbocycles. The zero-order valence-corrected chi connectivity index (χ0v) is 14.7. The lowest BCUT2D eigenvalue weighted by molar-refractivity contribution is -0.114. The van der Waals surface area contributed by atoms with Crippen molar-refractivity contribution in [3.63, 3.8) is 0 Å². The number of nitrogens with one attached hydrogen (secondary N) is 3. The molecule has 25 heavy (non-hydrogen) atoms. The van der Waals surface area contributed by atoms with Gasteiger partial charge < -0.3 is 16.0 Å². The van der Waals surface area contributed by atoms with Crippen molar-refractivity contribution in [2.24, 2.45) is 0 Å². The number of anilines is 2. The number of carbonyl (C=O) groups excluding carboxylic acids is 2. The first-order valence-corrected chi connectivity index (χ1v) is 8.46. The molecular weight excluding hydrogens is 362 g/mol. The smallest absolute Gasteiger partial charge is 0.251 e. The molecule has 1 aromatic heterocycles. The number of nitrogens with zero attached hydrogens (tertiary/aromatic N) is 2. The van der Waals surface area contributed by atoms with Gasteiger partial charge in [0.2, 0.25) is 5.91 Å². The van der Waals surface area contributed by atoms with Crippen LogP contribution in [0.2, 0.25) is 5.02 Å². The van der Waals surface area contributed by atoms with E-state index in [-0.39, 0.29) is 18.4 Å². The Bertz CT molecular complexity index is 943. The van der Waals surface area contributed by atoms with Crippen LogP contribution in [0.5, 0.6) is 0 Å². The van der Waals surface area contributed by atoms with Gasteiger partial charge in [0, 0.05) is 12.6 Å². The molecule has 3 N–H and O–H groups in total. The fourth-order valence-electron chi connectivity index (χ4n) is 2.22. The summed E-state index contributed by atoms with van der Waals surface area (Å²) >= 11 is 7.20. The normalized spacial score (nSPS) is 10.5. The second-order valence-electron chi connectivity index (χ2n) is 5.11. The van der Waals surface area contributed by atoms with Crippen LogP contribution in [0.4, 0.5) is 11.4 Å². The number of hydrogen-bond acceptors (Lipinski definition) is 6. The topological polar surface area (TPSA) is 96.0 Å². The Labute approximate surface area is 152 Å². The van der Waals surface area contributed by atoms with Crippen LogP contribution < -0.4 is 16.0 Å². The van der Waals surface area contributed by atoms with Crippen molar-refractivity contribution in [1.82, 2.24) is 14.1 Å². The van der Waals surface area contributed by atoms with Crippen molar-refractivity contribution in [1.29, 1.82) is 0 Å². The minimum atomic E-state index is -0.262. The fraction of sp³-hybridized carbons (Fsp3) is 0.125. The van der Waals surface area contributed by atoms with Gasteiger partial charge in [-0.15, -0.1) is 0 Å². The fourth-order valence-corrected chi connectivity index (χ4v) is 2.96. The highest BCUT2D eigenvalue weighted by Gasteiger charge is 2.11. The van der Waals surface area contributed by atoms with Crippen molar-refractivity contribution in [2.75, 3.05) is 24.2 Å². The first kappa shape index (κ1) is 17.1. The van der Waals surface area contributed by atoms with Gasteiger partial charge in [0.05, 0.1) is 34.7 Å². The van der Waals surface area contributed by atoms with Gasteiger partial charge in [-0.3, -0.25) is 9.59 Å². The number of carbonyl (C=O) groups is 2. The van der Waals surface area contributed by atoms with Crippen LogP contribution >= 0.6 is 23.3 Å². The van der Waals surface area contributed by atoms with E-state index in [0.717, 1.165) is 17.2 Å². The first-order valence-electron chi connectivity index (χ1n) is 7.35. The van der Waals surface area contributed by atoms with E-state index >= 15 is 0 Å². The van der Waals surface area contributed by atoms with E-state index < -0.39 is 0 Å². The van der Waals surface area contributed by atoms with Gasteiger partial charge in [0.1, 0.15) is 11.0 Å². The van der Waals surface area contributed by atoms with E-state index in [2.05, 4.69) is 24.7 Å². The Kier molecular flexibility index (Phi) is 5.11.